The second kappa shape index (κ2) is 9.72. The van der Waals surface area contributed by atoms with Crippen molar-refractivity contribution in [3.8, 4) is 5.75 Å². The molecule has 1 aromatic carbocycles. The van der Waals surface area contributed by atoms with Crippen molar-refractivity contribution in [1.82, 2.24) is 10.2 Å². The standard InChI is InChI=1S/C17H21ClN4O2/c1-2-3-4-5-10-24-14-8-6-13(7-9-14)11-19-21-15-12-20-22-17(23)16(15)18/h6-9,11-12H,2-5,10H2,1H3,(H2,21,22,23)/b19-11-. The molecule has 7 heteroatoms. The number of hydrogen-bond acceptors (Lipinski definition) is 5. The fourth-order valence-corrected chi connectivity index (χ4v) is 2.14. The van der Waals surface area contributed by atoms with Gasteiger partial charge >= 0.3 is 0 Å². The van der Waals surface area contributed by atoms with Crippen LogP contribution in [0.3, 0.4) is 0 Å². The number of rotatable bonds is 9. The molecule has 1 aromatic heterocycles. The monoisotopic (exact) mass is 348 g/mol. The number of aromatic amines is 1. The van der Waals surface area contributed by atoms with Crippen molar-refractivity contribution >= 4 is 23.5 Å². The third-order valence-electron chi connectivity index (χ3n) is 3.34. The number of benzene rings is 1. The van der Waals surface area contributed by atoms with Crippen LogP contribution in [0.1, 0.15) is 38.2 Å². The number of nitrogens with zero attached hydrogens (tertiary/aromatic N) is 2. The van der Waals surface area contributed by atoms with Crippen LogP contribution >= 0.6 is 11.6 Å². The van der Waals surface area contributed by atoms with Gasteiger partial charge in [0.05, 0.1) is 19.0 Å². The van der Waals surface area contributed by atoms with Crippen LogP contribution < -0.4 is 15.7 Å². The summed E-state index contributed by atoms with van der Waals surface area (Å²) in [7, 11) is 0. The molecule has 0 amide bonds. The van der Waals surface area contributed by atoms with Gasteiger partial charge in [-0.05, 0) is 36.2 Å². The van der Waals surface area contributed by atoms with Crippen molar-refractivity contribution in [2.24, 2.45) is 5.10 Å². The average molecular weight is 349 g/mol. The minimum absolute atomic E-state index is 0.0222. The Labute approximate surface area is 145 Å². The number of halogens is 1. The third-order valence-corrected chi connectivity index (χ3v) is 3.72. The van der Waals surface area contributed by atoms with Gasteiger partial charge in [0.2, 0.25) is 0 Å². The molecule has 0 saturated carbocycles. The number of ether oxygens (including phenoxy) is 1. The van der Waals surface area contributed by atoms with Gasteiger partial charge in [-0.3, -0.25) is 10.2 Å². The molecule has 6 nitrogen and oxygen atoms in total. The molecule has 0 aliphatic rings. The SMILES string of the molecule is CCCCCCOc1ccc(/C=N\Nc2cn[nH]c(=O)c2Cl)cc1. The first-order chi connectivity index (χ1) is 11.7. The van der Waals surface area contributed by atoms with Gasteiger partial charge < -0.3 is 4.74 Å². The molecule has 2 N–H and O–H groups in total. The molecule has 0 unspecified atom stereocenters. The summed E-state index contributed by atoms with van der Waals surface area (Å²) in [5.74, 6) is 0.846. The summed E-state index contributed by atoms with van der Waals surface area (Å²) in [6, 6.07) is 7.63. The number of H-pyrrole nitrogens is 1. The van der Waals surface area contributed by atoms with E-state index in [1.54, 1.807) is 6.21 Å². The molecule has 0 saturated heterocycles. The smallest absolute Gasteiger partial charge is 0.285 e. The molecule has 128 valence electrons. The predicted molar refractivity (Wildman–Crippen MR) is 97.2 cm³/mol. The summed E-state index contributed by atoms with van der Waals surface area (Å²) in [6.07, 6.45) is 7.77. The van der Waals surface area contributed by atoms with E-state index in [0.29, 0.717) is 5.69 Å². The van der Waals surface area contributed by atoms with Crippen LogP contribution in [0.25, 0.3) is 0 Å². The molecule has 0 aliphatic heterocycles. The minimum atomic E-state index is -0.461. The Bertz CT molecular complexity index is 713. The molecule has 0 atom stereocenters. The first kappa shape index (κ1) is 18.0. The van der Waals surface area contributed by atoms with Crippen molar-refractivity contribution in [3.05, 3.63) is 51.4 Å². The van der Waals surface area contributed by atoms with Gasteiger partial charge in [0.15, 0.2) is 0 Å². The first-order valence-electron chi connectivity index (χ1n) is 7.96. The molecule has 2 rings (SSSR count). The van der Waals surface area contributed by atoms with Crippen LogP contribution in [0, 0.1) is 0 Å². The summed E-state index contributed by atoms with van der Waals surface area (Å²) in [4.78, 5) is 11.3. The van der Waals surface area contributed by atoms with E-state index in [2.05, 4.69) is 27.6 Å². The lowest BCUT2D eigenvalue weighted by Crippen LogP contribution is -2.10. The number of unbranched alkanes of at least 4 members (excludes halogenated alkanes) is 3. The van der Waals surface area contributed by atoms with E-state index in [1.165, 1.54) is 25.5 Å². The van der Waals surface area contributed by atoms with Gasteiger partial charge in [-0.1, -0.05) is 37.8 Å². The Balaban J connectivity index is 1.82. The van der Waals surface area contributed by atoms with Crippen molar-refractivity contribution in [2.75, 3.05) is 12.0 Å². The molecule has 0 radical (unpaired) electrons. The second-order valence-electron chi connectivity index (χ2n) is 5.27. The van der Waals surface area contributed by atoms with Crippen LogP contribution in [-0.2, 0) is 0 Å². The maximum absolute atomic E-state index is 11.3. The highest BCUT2D eigenvalue weighted by Gasteiger charge is 2.02. The van der Waals surface area contributed by atoms with E-state index in [4.69, 9.17) is 16.3 Å². The maximum Gasteiger partial charge on any atom is 0.285 e. The number of nitrogens with one attached hydrogen (secondary N) is 2. The zero-order valence-corrected chi connectivity index (χ0v) is 14.3. The Morgan fingerprint density at radius 2 is 2.08 bits per heavy atom. The summed E-state index contributed by atoms with van der Waals surface area (Å²) in [6.45, 7) is 2.93. The van der Waals surface area contributed by atoms with Gasteiger partial charge in [-0.2, -0.15) is 10.2 Å². The normalized spacial score (nSPS) is 10.9. The summed E-state index contributed by atoms with van der Waals surface area (Å²) >= 11 is 5.84. The van der Waals surface area contributed by atoms with E-state index in [0.717, 1.165) is 24.3 Å². The Morgan fingerprint density at radius 3 is 2.83 bits per heavy atom. The van der Waals surface area contributed by atoms with Crippen molar-refractivity contribution in [3.63, 3.8) is 0 Å². The van der Waals surface area contributed by atoms with E-state index in [9.17, 15) is 4.79 Å². The van der Waals surface area contributed by atoms with Gasteiger partial charge in [0.25, 0.3) is 5.56 Å². The van der Waals surface area contributed by atoms with Gasteiger partial charge in [0, 0.05) is 0 Å². The maximum atomic E-state index is 11.3. The molecular weight excluding hydrogens is 328 g/mol. The molecule has 0 spiro atoms. The van der Waals surface area contributed by atoms with E-state index >= 15 is 0 Å². The Kier molecular flexibility index (Phi) is 7.29. The van der Waals surface area contributed by atoms with Crippen LogP contribution in [0.15, 0.2) is 40.4 Å². The lowest BCUT2D eigenvalue weighted by molar-refractivity contribution is 0.305. The van der Waals surface area contributed by atoms with E-state index in [1.807, 2.05) is 24.3 Å². The second-order valence-corrected chi connectivity index (χ2v) is 5.65. The topological polar surface area (TPSA) is 79.4 Å². The Morgan fingerprint density at radius 1 is 1.29 bits per heavy atom. The quantitative estimate of drug-likeness (QED) is 0.410. The van der Waals surface area contributed by atoms with Crippen LogP contribution in [0.4, 0.5) is 5.69 Å². The zero-order chi connectivity index (χ0) is 17.2. The Hall–Kier alpha value is -2.34. The summed E-state index contributed by atoms with van der Waals surface area (Å²) in [5, 5.41) is 9.96. The third kappa shape index (κ3) is 5.70. The zero-order valence-electron chi connectivity index (χ0n) is 13.6. The molecule has 0 bridgehead atoms. The lowest BCUT2D eigenvalue weighted by atomic mass is 10.2. The van der Waals surface area contributed by atoms with Gasteiger partial charge in [0.1, 0.15) is 16.5 Å². The van der Waals surface area contributed by atoms with Crippen molar-refractivity contribution in [1.29, 1.82) is 0 Å². The average Bonchev–Trinajstić information content (AvgIpc) is 2.60. The number of aromatic nitrogens is 2. The van der Waals surface area contributed by atoms with Gasteiger partial charge in [-0.15, -0.1) is 0 Å². The summed E-state index contributed by atoms with van der Waals surface area (Å²) in [5.41, 5.74) is 3.48. The fourth-order valence-electron chi connectivity index (χ4n) is 2.01. The molecule has 0 fully saturated rings. The minimum Gasteiger partial charge on any atom is -0.494 e. The van der Waals surface area contributed by atoms with Crippen molar-refractivity contribution < 1.29 is 4.74 Å². The molecule has 1 heterocycles. The van der Waals surface area contributed by atoms with Crippen molar-refractivity contribution in [2.45, 2.75) is 32.6 Å². The van der Waals surface area contributed by atoms with Crippen LogP contribution in [0.2, 0.25) is 5.02 Å². The number of anilines is 1. The lowest BCUT2D eigenvalue weighted by Gasteiger charge is -2.06. The van der Waals surface area contributed by atoms with E-state index in [-0.39, 0.29) is 5.02 Å². The van der Waals surface area contributed by atoms with Gasteiger partial charge in [-0.25, -0.2) is 5.10 Å². The highest BCUT2D eigenvalue weighted by molar-refractivity contribution is 6.32. The van der Waals surface area contributed by atoms with Crippen LogP contribution in [-0.4, -0.2) is 23.0 Å². The summed E-state index contributed by atoms with van der Waals surface area (Å²) < 4.78 is 5.69. The molecule has 2 aromatic rings. The predicted octanol–water partition coefficient (Wildman–Crippen LogP) is 3.83. The molecule has 24 heavy (non-hydrogen) atoms. The highest BCUT2D eigenvalue weighted by Crippen LogP contribution is 2.15. The highest BCUT2D eigenvalue weighted by atomic mass is 35.5. The molecular formula is C17H21ClN4O2. The molecule has 0 aliphatic carbocycles. The number of hydrogen-bond donors (Lipinski definition) is 2. The largest absolute Gasteiger partial charge is 0.494 e. The first-order valence-corrected chi connectivity index (χ1v) is 8.33. The van der Waals surface area contributed by atoms with Crippen LogP contribution in [0.5, 0.6) is 5.75 Å². The fraction of sp³-hybridized carbons (Fsp3) is 0.353. The number of hydrazone groups is 1. The van der Waals surface area contributed by atoms with E-state index < -0.39 is 5.56 Å².